The van der Waals surface area contributed by atoms with Crippen LogP contribution in [0.25, 0.3) is 0 Å². The first kappa shape index (κ1) is 10.1. The number of rotatable bonds is 2. The van der Waals surface area contributed by atoms with E-state index < -0.39 is 0 Å². The summed E-state index contributed by atoms with van der Waals surface area (Å²) in [6.07, 6.45) is 2.52. The first-order valence-electron chi connectivity index (χ1n) is 5.55. The van der Waals surface area contributed by atoms with Crippen molar-refractivity contribution < 1.29 is 0 Å². The Hall–Kier alpha value is -0.130. The van der Waals surface area contributed by atoms with Gasteiger partial charge in [0.1, 0.15) is 10.0 Å². The Morgan fingerprint density at radius 3 is 2.67 bits per heavy atom. The molecule has 0 saturated carbocycles. The molecule has 2 aliphatic heterocycles. The molecule has 3 heterocycles. The van der Waals surface area contributed by atoms with Crippen LogP contribution in [0.1, 0.15) is 34.7 Å². The number of nitrogens with zero attached hydrogens (tertiary/aromatic N) is 2. The van der Waals surface area contributed by atoms with E-state index >= 15 is 0 Å². The van der Waals surface area contributed by atoms with Gasteiger partial charge in [-0.25, -0.2) is 0 Å². The van der Waals surface area contributed by atoms with Crippen LogP contribution in [0.5, 0.6) is 0 Å². The van der Waals surface area contributed by atoms with Crippen molar-refractivity contribution in [3.63, 3.8) is 0 Å². The van der Waals surface area contributed by atoms with Crippen molar-refractivity contribution in [1.29, 1.82) is 0 Å². The number of nitrogens with one attached hydrogen (secondary N) is 1. The average Bonchev–Trinajstić information content (AvgIpc) is 3.02. The van der Waals surface area contributed by atoms with Gasteiger partial charge in [0.05, 0.1) is 0 Å². The zero-order valence-electron chi connectivity index (χ0n) is 8.61. The van der Waals surface area contributed by atoms with Crippen LogP contribution in [0.4, 0.5) is 0 Å². The molecule has 15 heavy (non-hydrogen) atoms. The van der Waals surface area contributed by atoms with Crippen molar-refractivity contribution in [1.82, 2.24) is 15.5 Å². The Morgan fingerprint density at radius 2 is 2.00 bits per heavy atom. The van der Waals surface area contributed by atoms with Gasteiger partial charge in [-0.15, -0.1) is 21.5 Å². The van der Waals surface area contributed by atoms with E-state index in [9.17, 15) is 0 Å². The molecule has 2 aliphatic rings. The minimum Gasteiger partial charge on any atom is -0.316 e. The van der Waals surface area contributed by atoms with Crippen LogP contribution in [0.15, 0.2) is 0 Å². The highest BCUT2D eigenvalue weighted by Crippen LogP contribution is 2.35. The van der Waals surface area contributed by atoms with Gasteiger partial charge in [0.15, 0.2) is 0 Å². The largest absolute Gasteiger partial charge is 0.316 e. The lowest BCUT2D eigenvalue weighted by Crippen LogP contribution is -2.07. The molecule has 0 radical (unpaired) electrons. The first-order chi connectivity index (χ1) is 7.43. The minimum absolute atomic E-state index is 0.630. The maximum atomic E-state index is 4.37. The van der Waals surface area contributed by atoms with E-state index in [1.54, 1.807) is 0 Å². The summed E-state index contributed by atoms with van der Waals surface area (Å²) in [6.45, 7) is 2.23. The molecule has 5 heteroatoms. The van der Waals surface area contributed by atoms with Crippen LogP contribution in [0.2, 0.25) is 0 Å². The Kier molecular flexibility index (Phi) is 2.94. The Bertz CT molecular complexity index is 297. The van der Waals surface area contributed by atoms with E-state index in [2.05, 4.69) is 15.5 Å². The topological polar surface area (TPSA) is 37.8 Å². The maximum Gasteiger partial charge on any atom is 0.121 e. The Labute approximate surface area is 98.1 Å². The molecular formula is C10H15N3S2. The van der Waals surface area contributed by atoms with Crippen molar-refractivity contribution in [3.05, 3.63) is 10.0 Å². The fourth-order valence-electron chi connectivity index (χ4n) is 2.17. The highest BCUT2D eigenvalue weighted by atomic mass is 32.2. The summed E-state index contributed by atoms with van der Waals surface area (Å²) in [5, 5.41) is 14.7. The van der Waals surface area contributed by atoms with Gasteiger partial charge >= 0.3 is 0 Å². The van der Waals surface area contributed by atoms with Crippen LogP contribution in [0, 0.1) is 0 Å². The predicted molar refractivity (Wildman–Crippen MR) is 64.8 cm³/mol. The summed E-state index contributed by atoms with van der Waals surface area (Å²) in [5.74, 6) is 3.86. The van der Waals surface area contributed by atoms with Gasteiger partial charge in [0.2, 0.25) is 0 Å². The zero-order chi connectivity index (χ0) is 10.1. The van der Waals surface area contributed by atoms with Gasteiger partial charge in [-0.1, -0.05) is 0 Å². The summed E-state index contributed by atoms with van der Waals surface area (Å²) in [4.78, 5) is 0. The van der Waals surface area contributed by atoms with Crippen LogP contribution < -0.4 is 5.32 Å². The molecule has 0 aromatic carbocycles. The van der Waals surface area contributed by atoms with Crippen molar-refractivity contribution in [3.8, 4) is 0 Å². The molecule has 2 fully saturated rings. The standard InChI is InChI=1S/C10H15N3S2/c1-3-11-5-7(1)9-12-13-10(15-9)8-2-4-14-6-8/h7-8,11H,1-6H2. The van der Waals surface area contributed by atoms with E-state index in [1.165, 1.54) is 34.4 Å². The highest BCUT2D eigenvalue weighted by molar-refractivity contribution is 7.99. The Balaban J connectivity index is 1.74. The van der Waals surface area contributed by atoms with Crippen LogP contribution in [-0.4, -0.2) is 34.8 Å². The molecular weight excluding hydrogens is 226 g/mol. The minimum atomic E-state index is 0.630. The molecule has 1 N–H and O–H groups in total. The lowest BCUT2D eigenvalue weighted by atomic mass is 10.1. The predicted octanol–water partition coefficient (Wildman–Crippen LogP) is 1.84. The fourth-order valence-corrected chi connectivity index (χ4v) is 4.62. The quantitative estimate of drug-likeness (QED) is 0.857. The first-order valence-corrected chi connectivity index (χ1v) is 7.52. The van der Waals surface area contributed by atoms with Crippen LogP contribution in [0.3, 0.4) is 0 Å². The number of hydrogen-bond donors (Lipinski definition) is 1. The average molecular weight is 241 g/mol. The third kappa shape index (κ3) is 2.05. The second-order valence-corrected chi connectivity index (χ2v) is 6.42. The molecule has 0 amide bonds. The third-order valence-electron chi connectivity index (χ3n) is 3.14. The molecule has 1 aromatic heterocycles. The number of hydrogen-bond acceptors (Lipinski definition) is 5. The van der Waals surface area contributed by atoms with E-state index in [0.717, 1.165) is 13.1 Å². The van der Waals surface area contributed by atoms with E-state index in [0.29, 0.717) is 11.8 Å². The van der Waals surface area contributed by atoms with E-state index in [-0.39, 0.29) is 0 Å². The maximum absolute atomic E-state index is 4.37. The summed E-state index contributed by atoms with van der Waals surface area (Å²) >= 11 is 3.90. The lowest BCUT2D eigenvalue weighted by Gasteiger charge is -2.02. The molecule has 0 spiro atoms. The van der Waals surface area contributed by atoms with Gasteiger partial charge in [0, 0.05) is 24.1 Å². The van der Waals surface area contributed by atoms with Crippen LogP contribution in [-0.2, 0) is 0 Å². The van der Waals surface area contributed by atoms with E-state index in [4.69, 9.17) is 0 Å². The number of thioether (sulfide) groups is 1. The monoisotopic (exact) mass is 241 g/mol. The Morgan fingerprint density at radius 1 is 1.13 bits per heavy atom. The lowest BCUT2D eigenvalue weighted by molar-refractivity contribution is 0.724. The summed E-state index contributed by atoms with van der Waals surface area (Å²) in [6, 6.07) is 0. The molecule has 2 atom stereocenters. The number of aromatic nitrogens is 2. The van der Waals surface area contributed by atoms with Crippen molar-refractivity contribution in [2.75, 3.05) is 24.6 Å². The normalized spacial score (nSPS) is 31.2. The van der Waals surface area contributed by atoms with Crippen molar-refractivity contribution >= 4 is 23.1 Å². The van der Waals surface area contributed by atoms with Gasteiger partial charge in [-0.05, 0) is 25.1 Å². The molecule has 82 valence electrons. The molecule has 1 aromatic rings. The second kappa shape index (κ2) is 4.39. The SMILES string of the molecule is C1CC(c2nnc(C3CCSC3)s2)CN1. The molecule has 0 bridgehead atoms. The second-order valence-electron chi connectivity index (χ2n) is 4.23. The molecule has 2 saturated heterocycles. The molecule has 3 rings (SSSR count). The molecule has 2 unspecified atom stereocenters. The van der Waals surface area contributed by atoms with Gasteiger partial charge < -0.3 is 5.32 Å². The summed E-state index contributed by atoms with van der Waals surface area (Å²) < 4.78 is 0. The molecule has 3 nitrogen and oxygen atoms in total. The van der Waals surface area contributed by atoms with E-state index in [1.807, 2.05) is 23.1 Å². The van der Waals surface area contributed by atoms with Gasteiger partial charge in [-0.3, -0.25) is 0 Å². The van der Waals surface area contributed by atoms with Crippen LogP contribution >= 0.6 is 23.1 Å². The summed E-state index contributed by atoms with van der Waals surface area (Å²) in [7, 11) is 0. The molecule has 0 aliphatic carbocycles. The fraction of sp³-hybridized carbons (Fsp3) is 0.800. The van der Waals surface area contributed by atoms with Gasteiger partial charge in [0.25, 0.3) is 0 Å². The smallest absolute Gasteiger partial charge is 0.121 e. The third-order valence-corrected chi connectivity index (χ3v) is 5.56. The summed E-state index contributed by atoms with van der Waals surface area (Å²) in [5.41, 5.74) is 0. The van der Waals surface area contributed by atoms with Gasteiger partial charge in [-0.2, -0.15) is 11.8 Å². The zero-order valence-corrected chi connectivity index (χ0v) is 10.2. The van der Waals surface area contributed by atoms with Crippen molar-refractivity contribution in [2.24, 2.45) is 0 Å². The highest BCUT2D eigenvalue weighted by Gasteiger charge is 2.25. The van der Waals surface area contributed by atoms with Crippen molar-refractivity contribution in [2.45, 2.75) is 24.7 Å².